The van der Waals surface area contributed by atoms with Crippen molar-refractivity contribution in [1.29, 1.82) is 0 Å². The average molecular weight is 230 g/mol. The molecule has 17 heavy (non-hydrogen) atoms. The van der Waals surface area contributed by atoms with Gasteiger partial charge in [-0.1, -0.05) is 19.9 Å². The molecule has 0 amide bonds. The lowest BCUT2D eigenvalue weighted by Crippen LogP contribution is -2.10. The van der Waals surface area contributed by atoms with E-state index in [0.29, 0.717) is 5.92 Å². The van der Waals surface area contributed by atoms with E-state index in [0.717, 1.165) is 6.54 Å². The minimum Gasteiger partial charge on any atom is -0.357 e. The summed E-state index contributed by atoms with van der Waals surface area (Å²) in [4.78, 5) is 5.69. The van der Waals surface area contributed by atoms with Gasteiger partial charge in [0.1, 0.15) is 0 Å². The van der Waals surface area contributed by atoms with Crippen molar-refractivity contribution in [3.05, 3.63) is 35.0 Å². The maximum Gasteiger partial charge on any atom is 0.0459 e. The van der Waals surface area contributed by atoms with E-state index in [-0.39, 0.29) is 0 Å². The van der Waals surface area contributed by atoms with Crippen LogP contribution in [0.25, 0.3) is 10.9 Å². The van der Waals surface area contributed by atoms with Crippen molar-refractivity contribution in [1.82, 2.24) is 9.88 Å². The summed E-state index contributed by atoms with van der Waals surface area (Å²) in [5, 5.41) is 1.39. The summed E-state index contributed by atoms with van der Waals surface area (Å²) in [7, 11) is 4.19. The Labute approximate surface area is 104 Å². The van der Waals surface area contributed by atoms with Crippen molar-refractivity contribution in [3.8, 4) is 0 Å². The van der Waals surface area contributed by atoms with Gasteiger partial charge in [0.25, 0.3) is 0 Å². The largest absolute Gasteiger partial charge is 0.357 e. The molecule has 0 aliphatic rings. The fourth-order valence-corrected chi connectivity index (χ4v) is 2.59. The Morgan fingerprint density at radius 2 is 1.94 bits per heavy atom. The predicted octanol–water partition coefficient (Wildman–Crippen LogP) is 3.66. The molecule has 1 N–H and O–H groups in total. The smallest absolute Gasteiger partial charge is 0.0459 e. The van der Waals surface area contributed by atoms with E-state index in [4.69, 9.17) is 0 Å². The van der Waals surface area contributed by atoms with Crippen LogP contribution in [0.1, 0.15) is 36.6 Å². The van der Waals surface area contributed by atoms with Crippen LogP contribution in [0.4, 0.5) is 0 Å². The average Bonchev–Trinajstić information content (AvgIpc) is 2.57. The number of aromatic nitrogens is 1. The summed E-state index contributed by atoms with van der Waals surface area (Å²) in [6, 6.07) is 6.71. The van der Waals surface area contributed by atoms with Gasteiger partial charge in [0.2, 0.25) is 0 Å². The van der Waals surface area contributed by atoms with Crippen LogP contribution in [-0.2, 0) is 6.54 Å². The summed E-state index contributed by atoms with van der Waals surface area (Å²) in [5.74, 6) is 0.571. The summed E-state index contributed by atoms with van der Waals surface area (Å²) >= 11 is 0. The van der Waals surface area contributed by atoms with Gasteiger partial charge in [-0.3, -0.25) is 0 Å². The Bertz CT molecular complexity index is 521. The van der Waals surface area contributed by atoms with Crippen molar-refractivity contribution in [2.24, 2.45) is 0 Å². The minimum atomic E-state index is 0.571. The SMILES string of the molecule is Cc1ccc2[nH]c(CN(C)C)cc2c1C(C)C. The molecule has 0 spiro atoms. The first-order valence-electron chi connectivity index (χ1n) is 6.25. The lowest BCUT2D eigenvalue weighted by molar-refractivity contribution is 0.398. The lowest BCUT2D eigenvalue weighted by Gasteiger charge is -2.10. The van der Waals surface area contributed by atoms with E-state index in [2.05, 4.69) is 62.9 Å². The molecule has 92 valence electrons. The van der Waals surface area contributed by atoms with E-state index in [1.54, 1.807) is 0 Å². The number of aromatic amines is 1. The van der Waals surface area contributed by atoms with Crippen LogP contribution >= 0.6 is 0 Å². The molecule has 2 rings (SSSR count). The molecular weight excluding hydrogens is 208 g/mol. The summed E-state index contributed by atoms with van der Waals surface area (Å²) in [5.41, 5.74) is 5.42. The molecule has 1 aromatic heterocycles. The number of aryl methyl sites for hydroxylation is 1. The highest BCUT2D eigenvalue weighted by atomic mass is 15.1. The third kappa shape index (κ3) is 2.37. The molecule has 0 radical (unpaired) electrons. The third-order valence-corrected chi connectivity index (χ3v) is 3.18. The number of nitrogens with one attached hydrogen (secondary N) is 1. The first-order chi connectivity index (χ1) is 7.99. The van der Waals surface area contributed by atoms with Crippen LogP contribution in [0.15, 0.2) is 18.2 Å². The van der Waals surface area contributed by atoms with Crippen molar-refractivity contribution >= 4 is 10.9 Å². The van der Waals surface area contributed by atoms with Gasteiger partial charge in [0, 0.05) is 23.1 Å². The number of rotatable bonds is 3. The van der Waals surface area contributed by atoms with Gasteiger partial charge in [0.15, 0.2) is 0 Å². The number of hydrogen-bond acceptors (Lipinski definition) is 1. The van der Waals surface area contributed by atoms with Crippen LogP contribution in [0.3, 0.4) is 0 Å². The third-order valence-electron chi connectivity index (χ3n) is 3.18. The summed E-state index contributed by atoms with van der Waals surface area (Å²) < 4.78 is 0. The minimum absolute atomic E-state index is 0.571. The molecule has 2 nitrogen and oxygen atoms in total. The lowest BCUT2D eigenvalue weighted by atomic mass is 9.94. The fraction of sp³-hybridized carbons (Fsp3) is 0.467. The number of H-pyrrole nitrogens is 1. The van der Waals surface area contributed by atoms with E-state index in [1.807, 2.05) is 0 Å². The molecule has 0 aliphatic carbocycles. The molecule has 1 heterocycles. The number of benzene rings is 1. The predicted molar refractivity (Wildman–Crippen MR) is 74.5 cm³/mol. The molecular formula is C15H22N2. The monoisotopic (exact) mass is 230 g/mol. The summed E-state index contributed by atoms with van der Waals surface area (Å²) in [6.45, 7) is 7.69. The molecule has 2 heteroatoms. The van der Waals surface area contributed by atoms with Crippen LogP contribution in [0.5, 0.6) is 0 Å². The molecule has 0 saturated carbocycles. The number of nitrogens with zero attached hydrogens (tertiary/aromatic N) is 1. The standard InChI is InChI=1S/C15H22N2/c1-10(2)15-11(3)6-7-14-13(15)8-12(16-14)9-17(4)5/h6-8,10,16H,9H2,1-5H3. The Morgan fingerprint density at radius 1 is 1.24 bits per heavy atom. The highest BCUT2D eigenvalue weighted by molar-refractivity contribution is 5.85. The molecule has 0 fully saturated rings. The van der Waals surface area contributed by atoms with E-state index >= 15 is 0 Å². The van der Waals surface area contributed by atoms with Crippen LogP contribution < -0.4 is 0 Å². The maximum atomic E-state index is 3.51. The Morgan fingerprint density at radius 3 is 2.53 bits per heavy atom. The van der Waals surface area contributed by atoms with Gasteiger partial charge in [-0.05, 0) is 50.2 Å². The van der Waals surface area contributed by atoms with Crippen LogP contribution in [-0.4, -0.2) is 24.0 Å². The quantitative estimate of drug-likeness (QED) is 0.852. The number of hydrogen-bond donors (Lipinski definition) is 1. The summed E-state index contributed by atoms with van der Waals surface area (Å²) in [6.07, 6.45) is 0. The maximum absolute atomic E-state index is 3.51. The number of fused-ring (bicyclic) bond motifs is 1. The molecule has 0 bridgehead atoms. The second-order valence-corrected chi connectivity index (χ2v) is 5.44. The normalized spacial score (nSPS) is 11.9. The Kier molecular flexibility index (Phi) is 3.25. The van der Waals surface area contributed by atoms with Gasteiger partial charge in [0.05, 0.1) is 0 Å². The zero-order chi connectivity index (χ0) is 12.6. The van der Waals surface area contributed by atoms with Crippen molar-refractivity contribution < 1.29 is 0 Å². The first-order valence-corrected chi connectivity index (χ1v) is 6.25. The van der Waals surface area contributed by atoms with Gasteiger partial charge >= 0.3 is 0 Å². The molecule has 0 aliphatic heterocycles. The fourth-order valence-electron chi connectivity index (χ4n) is 2.59. The zero-order valence-electron chi connectivity index (χ0n) is 11.5. The van der Waals surface area contributed by atoms with E-state index < -0.39 is 0 Å². The van der Waals surface area contributed by atoms with Crippen molar-refractivity contribution in [2.45, 2.75) is 33.2 Å². The second-order valence-electron chi connectivity index (χ2n) is 5.44. The topological polar surface area (TPSA) is 19.0 Å². The molecule has 1 aromatic carbocycles. The molecule has 0 unspecified atom stereocenters. The van der Waals surface area contributed by atoms with Gasteiger partial charge in [-0.25, -0.2) is 0 Å². The first kappa shape index (κ1) is 12.2. The van der Waals surface area contributed by atoms with Crippen molar-refractivity contribution in [2.75, 3.05) is 14.1 Å². The van der Waals surface area contributed by atoms with E-state index in [1.165, 1.54) is 27.7 Å². The van der Waals surface area contributed by atoms with Gasteiger partial charge in [-0.15, -0.1) is 0 Å². The molecule has 0 saturated heterocycles. The molecule has 0 atom stereocenters. The second kappa shape index (κ2) is 4.53. The Hall–Kier alpha value is -1.28. The highest BCUT2D eigenvalue weighted by Crippen LogP contribution is 2.29. The molecule has 2 aromatic rings. The van der Waals surface area contributed by atoms with Crippen molar-refractivity contribution in [3.63, 3.8) is 0 Å². The Balaban J connectivity index is 2.56. The highest BCUT2D eigenvalue weighted by Gasteiger charge is 2.11. The van der Waals surface area contributed by atoms with Gasteiger partial charge in [-0.2, -0.15) is 0 Å². The van der Waals surface area contributed by atoms with E-state index in [9.17, 15) is 0 Å². The van der Waals surface area contributed by atoms with Crippen LogP contribution in [0, 0.1) is 6.92 Å². The van der Waals surface area contributed by atoms with Gasteiger partial charge < -0.3 is 9.88 Å². The zero-order valence-corrected chi connectivity index (χ0v) is 11.5. The van der Waals surface area contributed by atoms with Crippen LogP contribution in [0.2, 0.25) is 0 Å².